The molecule has 0 spiro atoms. The lowest BCUT2D eigenvalue weighted by Gasteiger charge is -2.37. The van der Waals surface area contributed by atoms with Crippen molar-refractivity contribution in [1.29, 1.82) is 0 Å². The average molecular weight is 396 g/mol. The second-order valence-corrected chi connectivity index (χ2v) is 6.91. The number of hydrogen-bond acceptors (Lipinski definition) is 3. The molecule has 4 nitrogen and oxygen atoms in total. The number of methoxy groups -OCH3 is 1. The molecule has 0 aromatic heterocycles. The summed E-state index contributed by atoms with van der Waals surface area (Å²) in [7, 11) is 1.70. The van der Waals surface area contributed by atoms with Crippen molar-refractivity contribution in [2.45, 2.75) is 0 Å². The fourth-order valence-electron chi connectivity index (χ4n) is 2.82. The summed E-state index contributed by atoms with van der Waals surface area (Å²) in [6, 6.07) is 13.5. The summed E-state index contributed by atoms with van der Waals surface area (Å²) >= 11 is 17.5. The molecule has 1 aliphatic heterocycles. The predicted molar refractivity (Wildman–Crippen MR) is 109 cm³/mol. The molecule has 0 unspecified atom stereocenters. The first-order valence-electron chi connectivity index (χ1n) is 7.97. The summed E-state index contributed by atoms with van der Waals surface area (Å²) in [5, 5.41) is 4.96. The number of piperazine rings is 1. The molecule has 1 saturated heterocycles. The van der Waals surface area contributed by atoms with Gasteiger partial charge in [-0.1, -0.05) is 35.3 Å². The highest BCUT2D eigenvalue weighted by Crippen LogP contribution is 2.29. The smallest absolute Gasteiger partial charge is 0.173 e. The van der Waals surface area contributed by atoms with Gasteiger partial charge in [0.25, 0.3) is 0 Å². The molecule has 0 bridgehead atoms. The van der Waals surface area contributed by atoms with Gasteiger partial charge in [0.15, 0.2) is 5.11 Å². The first-order valence-corrected chi connectivity index (χ1v) is 9.14. The minimum absolute atomic E-state index is 0.510. The van der Waals surface area contributed by atoms with Crippen LogP contribution in [-0.2, 0) is 0 Å². The van der Waals surface area contributed by atoms with E-state index in [2.05, 4.69) is 21.2 Å². The van der Waals surface area contributed by atoms with Crippen LogP contribution >= 0.6 is 35.4 Å². The fraction of sp³-hybridized carbons (Fsp3) is 0.278. The van der Waals surface area contributed by atoms with Crippen molar-refractivity contribution in [2.24, 2.45) is 0 Å². The van der Waals surface area contributed by atoms with Crippen LogP contribution in [0.2, 0.25) is 10.0 Å². The third kappa shape index (κ3) is 4.29. The van der Waals surface area contributed by atoms with E-state index in [4.69, 9.17) is 40.2 Å². The summed E-state index contributed by atoms with van der Waals surface area (Å²) in [5.41, 5.74) is 1.96. The van der Waals surface area contributed by atoms with Crippen molar-refractivity contribution in [3.05, 3.63) is 52.5 Å². The zero-order valence-corrected chi connectivity index (χ0v) is 16.2. The van der Waals surface area contributed by atoms with E-state index in [-0.39, 0.29) is 0 Å². The average Bonchev–Trinajstić information content (AvgIpc) is 2.65. The summed E-state index contributed by atoms with van der Waals surface area (Å²) < 4.78 is 5.46. The monoisotopic (exact) mass is 395 g/mol. The highest BCUT2D eigenvalue weighted by Gasteiger charge is 2.21. The first-order chi connectivity index (χ1) is 12.1. The van der Waals surface area contributed by atoms with Gasteiger partial charge in [0.1, 0.15) is 5.75 Å². The van der Waals surface area contributed by atoms with Crippen LogP contribution in [0.3, 0.4) is 0 Å². The Morgan fingerprint density at radius 1 is 1.04 bits per heavy atom. The number of thiocarbonyl (C=S) groups is 1. The Hall–Kier alpha value is -1.69. The van der Waals surface area contributed by atoms with Gasteiger partial charge in [0.05, 0.1) is 22.8 Å². The molecule has 2 aromatic carbocycles. The van der Waals surface area contributed by atoms with E-state index >= 15 is 0 Å². The van der Waals surface area contributed by atoms with Gasteiger partial charge in [-0.2, -0.15) is 0 Å². The number of rotatable bonds is 3. The number of halogens is 2. The van der Waals surface area contributed by atoms with Crippen LogP contribution in [0.5, 0.6) is 5.75 Å². The van der Waals surface area contributed by atoms with Crippen LogP contribution in [0.15, 0.2) is 42.5 Å². The standard InChI is InChI=1S/C18H19Cl2N3OS/c1-24-17-5-3-2-4-16(17)22-8-10-23(11-9-22)18(25)21-13-6-7-14(19)15(20)12-13/h2-7,12H,8-11H2,1H3,(H,21,25). The zero-order valence-electron chi connectivity index (χ0n) is 13.8. The van der Waals surface area contributed by atoms with Crippen molar-refractivity contribution in [1.82, 2.24) is 4.90 Å². The number of anilines is 2. The number of benzene rings is 2. The molecule has 0 amide bonds. The van der Waals surface area contributed by atoms with E-state index in [1.54, 1.807) is 19.2 Å². The maximum absolute atomic E-state index is 6.05. The Bertz CT molecular complexity index is 764. The van der Waals surface area contributed by atoms with E-state index in [0.29, 0.717) is 15.2 Å². The first kappa shape index (κ1) is 18.1. The van der Waals surface area contributed by atoms with E-state index in [0.717, 1.165) is 43.3 Å². The van der Waals surface area contributed by atoms with Crippen molar-refractivity contribution in [3.8, 4) is 5.75 Å². The molecule has 132 valence electrons. The quantitative estimate of drug-likeness (QED) is 0.771. The number of nitrogens with zero attached hydrogens (tertiary/aromatic N) is 2. The molecular formula is C18H19Cl2N3OS. The second-order valence-electron chi connectivity index (χ2n) is 5.70. The molecule has 1 fully saturated rings. The lowest BCUT2D eigenvalue weighted by atomic mass is 10.2. The molecule has 3 rings (SSSR count). The summed E-state index contributed by atoms with van der Waals surface area (Å²) in [6.07, 6.45) is 0. The minimum Gasteiger partial charge on any atom is -0.495 e. The minimum atomic E-state index is 0.510. The molecule has 7 heteroatoms. The summed E-state index contributed by atoms with van der Waals surface area (Å²) in [5.74, 6) is 0.896. The van der Waals surface area contributed by atoms with Gasteiger partial charge >= 0.3 is 0 Å². The molecule has 0 atom stereocenters. The Kier molecular flexibility index (Phi) is 5.89. The van der Waals surface area contributed by atoms with Gasteiger partial charge in [-0.15, -0.1) is 0 Å². The SMILES string of the molecule is COc1ccccc1N1CCN(C(=S)Nc2ccc(Cl)c(Cl)c2)CC1. The molecule has 25 heavy (non-hydrogen) atoms. The lowest BCUT2D eigenvalue weighted by molar-refractivity contribution is 0.382. The van der Waals surface area contributed by atoms with Gasteiger partial charge in [0.2, 0.25) is 0 Å². The molecule has 0 aliphatic carbocycles. The van der Waals surface area contributed by atoms with Crippen molar-refractivity contribution >= 4 is 51.9 Å². The Morgan fingerprint density at radius 3 is 2.44 bits per heavy atom. The maximum Gasteiger partial charge on any atom is 0.173 e. The number of para-hydroxylation sites is 2. The fourth-order valence-corrected chi connectivity index (χ4v) is 3.42. The van der Waals surface area contributed by atoms with Gasteiger partial charge in [0, 0.05) is 31.9 Å². The summed E-state index contributed by atoms with van der Waals surface area (Å²) in [4.78, 5) is 4.47. The Morgan fingerprint density at radius 2 is 1.76 bits per heavy atom. The highest BCUT2D eigenvalue weighted by atomic mass is 35.5. The molecule has 0 saturated carbocycles. The Labute approximate surface area is 163 Å². The molecule has 1 heterocycles. The number of ether oxygens (including phenoxy) is 1. The molecule has 1 aliphatic rings. The van der Waals surface area contributed by atoms with Crippen LogP contribution in [0.4, 0.5) is 11.4 Å². The van der Waals surface area contributed by atoms with E-state index in [9.17, 15) is 0 Å². The Balaban J connectivity index is 1.60. The van der Waals surface area contributed by atoms with Crippen LogP contribution in [-0.4, -0.2) is 43.3 Å². The molecule has 1 N–H and O–H groups in total. The van der Waals surface area contributed by atoms with E-state index < -0.39 is 0 Å². The largest absolute Gasteiger partial charge is 0.495 e. The van der Waals surface area contributed by atoms with Gasteiger partial charge in [-0.3, -0.25) is 0 Å². The van der Waals surface area contributed by atoms with E-state index in [1.165, 1.54) is 0 Å². The van der Waals surface area contributed by atoms with Crippen molar-refractivity contribution in [3.63, 3.8) is 0 Å². The van der Waals surface area contributed by atoms with Gasteiger partial charge < -0.3 is 19.9 Å². The summed E-state index contributed by atoms with van der Waals surface area (Å²) in [6.45, 7) is 3.43. The van der Waals surface area contributed by atoms with E-state index in [1.807, 2.05) is 24.3 Å². The lowest BCUT2D eigenvalue weighted by Crippen LogP contribution is -2.50. The van der Waals surface area contributed by atoms with Crippen LogP contribution in [0.1, 0.15) is 0 Å². The molecular weight excluding hydrogens is 377 g/mol. The van der Waals surface area contributed by atoms with Crippen molar-refractivity contribution < 1.29 is 4.74 Å². The van der Waals surface area contributed by atoms with Gasteiger partial charge in [-0.05, 0) is 42.5 Å². The van der Waals surface area contributed by atoms with Crippen LogP contribution < -0.4 is 15.0 Å². The van der Waals surface area contributed by atoms with Gasteiger partial charge in [-0.25, -0.2) is 0 Å². The third-order valence-electron chi connectivity index (χ3n) is 4.16. The third-order valence-corrected chi connectivity index (χ3v) is 5.26. The second kappa shape index (κ2) is 8.13. The maximum atomic E-state index is 6.05. The molecule has 0 radical (unpaired) electrons. The molecule has 2 aromatic rings. The van der Waals surface area contributed by atoms with Crippen molar-refractivity contribution in [2.75, 3.05) is 43.5 Å². The number of hydrogen-bond donors (Lipinski definition) is 1. The number of nitrogens with one attached hydrogen (secondary N) is 1. The highest BCUT2D eigenvalue weighted by molar-refractivity contribution is 7.80. The van der Waals surface area contributed by atoms with Crippen LogP contribution in [0.25, 0.3) is 0 Å². The predicted octanol–water partition coefficient (Wildman–Crippen LogP) is 4.52. The van der Waals surface area contributed by atoms with Crippen LogP contribution in [0, 0.1) is 0 Å². The topological polar surface area (TPSA) is 27.7 Å². The zero-order chi connectivity index (χ0) is 17.8. The normalized spacial score (nSPS) is 14.4.